The Kier molecular flexibility index (Phi) is 4.94. The minimum absolute atomic E-state index is 0.220. The van der Waals surface area contributed by atoms with E-state index in [1.807, 2.05) is 12.1 Å². The van der Waals surface area contributed by atoms with Crippen molar-refractivity contribution in [3.63, 3.8) is 0 Å². The van der Waals surface area contributed by atoms with E-state index >= 15 is 0 Å². The molecule has 2 aromatic carbocycles. The highest BCUT2D eigenvalue weighted by Gasteiger charge is 2.24. The van der Waals surface area contributed by atoms with Crippen molar-refractivity contribution < 1.29 is 19.1 Å². The number of nitrogens with one attached hydrogen (secondary N) is 2. The van der Waals surface area contributed by atoms with E-state index in [-0.39, 0.29) is 11.8 Å². The average molecular weight is 405 g/mol. The molecule has 25 heavy (non-hydrogen) atoms. The van der Waals surface area contributed by atoms with Crippen molar-refractivity contribution in [3.05, 3.63) is 46.9 Å². The minimum atomic E-state index is -0.678. The predicted molar refractivity (Wildman–Crippen MR) is 98.0 cm³/mol. The first-order chi connectivity index (χ1) is 11.9. The number of hydrogen-bond acceptors (Lipinski definition) is 4. The van der Waals surface area contributed by atoms with Crippen molar-refractivity contribution in [2.45, 2.75) is 26.1 Å². The summed E-state index contributed by atoms with van der Waals surface area (Å²) in [7, 11) is 0. The van der Waals surface area contributed by atoms with Crippen LogP contribution in [0, 0.1) is 0 Å². The molecule has 2 atom stereocenters. The molecule has 7 heteroatoms. The second-order valence-electron chi connectivity index (χ2n) is 5.66. The zero-order valence-electron chi connectivity index (χ0n) is 13.7. The van der Waals surface area contributed by atoms with Crippen LogP contribution in [0.25, 0.3) is 0 Å². The van der Waals surface area contributed by atoms with Crippen LogP contribution in [-0.2, 0) is 9.59 Å². The number of fused-ring (bicyclic) bond motifs is 1. The van der Waals surface area contributed by atoms with E-state index in [0.29, 0.717) is 22.9 Å². The van der Waals surface area contributed by atoms with Gasteiger partial charge in [-0.25, -0.2) is 0 Å². The van der Waals surface area contributed by atoms with Crippen molar-refractivity contribution in [2.75, 3.05) is 10.6 Å². The van der Waals surface area contributed by atoms with Gasteiger partial charge in [0, 0.05) is 10.2 Å². The molecule has 0 aromatic heterocycles. The van der Waals surface area contributed by atoms with Gasteiger partial charge in [-0.05, 0) is 56.3 Å². The quantitative estimate of drug-likeness (QED) is 0.816. The van der Waals surface area contributed by atoms with Crippen molar-refractivity contribution in [3.8, 4) is 11.5 Å². The van der Waals surface area contributed by atoms with Crippen molar-refractivity contribution in [1.82, 2.24) is 0 Å². The number of amides is 2. The van der Waals surface area contributed by atoms with E-state index in [1.165, 1.54) is 0 Å². The van der Waals surface area contributed by atoms with Crippen LogP contribution >= 0.6 is 15.9 Å². The van der Waals surface area contributed by atoms with Gasteiger partial charge in [0.15, 0.2) is 12.2 Å². The van der Waals surface area contributed by atoms with Gasteiger partial charge >= 0.3 is 0 Å². The molecule has 2 aromatic rings. The van der Waals surface area contributed by atoms with Gasteiger partial charge in [0.1, 0.15) is 11.5 Å². The van der Waals surface area contributed by atoms with Crippen molar-refractivity contribution in [2.24, 2.45) is 0 Å². The van der Waals surface area contributed by atoms with Gasteiger partial charge in [0.2, 0.25) is 0 Å². The summed E-state index contributed by atoms with van der Waals surface area (Å²) in [6.45, 7) is 3.34. The molecule has 0 fully saturated rings. The molecule has 2 N–H and O–H groups in total. The van der Waals surface area contributed by atoms with Gasteiger partial charge in [-0.3, -0.25) is 9.59 Å². The summed E-state index contributed by atoms with van der Waals surface area (Å²) < 4.78 is 12.0. The molecule has 0 aliphatic carbocycles. The second-order valence-corrected chi connectivity index (χ2v) is 6.58. The molecule has 1 aliphatic rings. The average Bonchev–Trinajstić information content (AvgIpc) is 2.58. The summed E-state index contributed by atoms with van der Waals surface area (Å²) in [6.07, 6.45) is -1.21. The summed E-state index contributed by atoms with van der Waals surface area (Å²) in [5.41, 5.74) is 1.08. The summed E-state index contributed by atoms with van der Waals surface area (Å²) in [5.74, 6) is 0.664. The fraction of sp³-hybridized carbons (Fsp3) is 0.222. The third-order valence-electron chi connectivity index (χ3n) is 3.67. The Morgan fingerprint density at radius 2 is 2.00 bits per heavy atom. The molecule has 130 valence electrons. The van der Waals surface area contributed by atoms with Crippen molar-refractivity contribution >= 4 is 39.1 Å². The minimum Gasteiger partial charge on any atom is -0.481 e. The Balaban J connectivity index is 1.65. The fourth-order valence-corrected chi connectivity index (χ4v) is 2.57. The number of benzene rings is 2. The van der Waals surface area contributed by atoms with Gasteiger partial charge < -0.3 is 20.1 Å². The maximum atomic E-state index is 12.3. The normalized spacial score (nSPS) is 16.9. The number of carbonyl (C=O) groups excluding carboxylic acids is 2. The zero-order chi connectivity index (χ0) is 18.0. The maximum Gasteiger partial charge on any atom is 0.265 e. The molecule has 2 amide bonds. The third kappa shape index (κ3) is 4.11. The Labute approximate surface area is 153 Å². The van der Waals surface area contributed by atoms with E-state index in [9.17, 15) is 9.59 Å². The third-order valence-corrected chi connectivity index (χ3v) is 4.20. The highest BCUT2D eigenvalue weighted by molar-refractivity contribution is 9.10. The largest absolute Gasteiger partial charge is 0.481 e. The molecule has 0 radical (unpaired) electrons. The maximum absolute atomic E-state index is 12.3. The summed E-state index contributed by atoms with van der Waals surface area (Å²) in [5, 5.41) is 5.52. The first-order valence-corrected chi connectivity index (χ1v) is 8.56. The van der Waals surface area contributed by atoms with Gasteiger partial charge in [-0.1, -0.05) is 15.9 Å². The van der Waals surface area contributed by atoms with E-state index in [1.54, 1.807) is 44.2 Å². The number of rotatable bonds is 4. The Bertz CT molecular complexity index is 807. The molecule has 0 unspecified atom stereocenters. The summed E-state index contributed by atoms with van der Waals surface area (Å²) in [6, 6.07) is 12.3. The Hall–Kier alpha value is -2.54. The first kappa shape index (κ1) is 17.3. The van der Waals surface area contributed by atoms with E-state index < -0.39 is 12.2 Å². The molecule has 3 rings (SSSR count). The van der Waals surface area contributed by atoms with Gasteiger partial charge in [-0.2, -0.15) is 0 Å². The van der Waals surface area contributed by atoms with Crippen LogP contribution in [-0.4, -0.2) is 24.0 Å². The highest BCUT2D eigenvalue weighted by Crippen LogP contribution is 2.32. The monoisotopic (exact) mass is 404 g/mol. The first-order valence-electron chi connectivity index (χ1n) is 7.77. The van der Waals surface area contributed by atoms with Crippen LogP contribution in [0.15, 0.2) is 46.9 Å². The SMILES string of the molecule is C[C@@H](Oc1ccc(Br)cc1)C(=O)Nc1ccc2c(c1)NC(=O)[C@@H](C)O2. The molecule has 0 saturated carbocycles. The molecule has 1 heterocycles. The molecule has 0 spiro atoms. The number of ether oxygens (including phenoxy) is 2. The van der Waals surface area contributed by atoms with Crippen LogP contribution in [0.4, 0.5) is 11.4 Å². The highest BCUT2D eigenvalue weighted by atomic mass is 79.9. The molecular weight excluding hydrogens is 388 g/mol. The number of anilines is 2. The van der Waals surface area contributed by atoms with Gasteiger partial charge in [0.25, 0.3) is 11.8 Å². The molecule has 6 nitrogen and oxygen atoms in total. The number of halogens is 1. The zero-order valence-corrected chi connectivity index (χ0v) is 15.3. The lowest BCUT2D eigenvalue weighted by atomic mass is 10.2. The van der Waals surface area contributed by atoms with Crippen molar-refractivity contribution in [1.29, 1.82) is 0 Å². The molecular formula is C18H17BrN2O4. The van der Waals surface area contributed by atoms with Crippen LogP contribution in [0.2, 0.25) is 0 Å². The lowest BCUT2D eigenvalue weighted by molar-refractivity contribution is -0.123. The molecule has 1 aliphatic heterocycles. The predicted octanol–water partition coefficient (Wildman–Crippen LogP) is 3.57. The van der Waals surface area contributed by atoms with Crippen LogP contribution < -0.4 is 20.1 Å². The fourth-order valence-electron chi connectivity index (χ4n) is 2.30. The van der Waals surface area contributed by atoms with Gasteiger partial charge in [-0.15, -0.1) is 0 Å². The van der Waals surface area contributed by atoms with Gasteiger partial charge in [0.05, 0.1) is 5.69 Å². The lowest BCUT2D eigenvalue weighted by Gasteiger charge is -2.24. The molecule has 0 bridgehead atoms. The van der Waals surface area contributed by atoms with Crippen LogP contribution in [0.3, 0.4) is 0 Å². The molecule has 0 saturated heterocycles. The standard InChI is InChI=1S/C18H17BrN2O4/c1-10(24-14-6-3-12(19)4-7-14)17(22)20-13-5-8-16-15(9-13)21-18(23)11(2)25-16/h3-11H,1-2H3,(H,20,22)(H,21,23)/t10-,11-/m1/s1. The smallest absolute Gasteiger partial charge is 0.265 e. The van der Waals surface area contributed by atoms with Crippen LogP contribution in [0.5, 0.6) is 11.5 Å². The second kappa shape index (κ2) is 7.14. The lowest BCUT2D eigenvalue weighted by Crippen LogP contribution is -2.34. The van der Waals surface area contributed by atoms with E-state index in [0.717, 1.165) is 4.47 Å². The van der Waals surface area contributed by atoms with E-state index in [4.69, 9.17) is 9.47 Å². The number of carbonyl (C=O) groups is 2. The van der Waals surface area contributed by atoms with E-state index in [2.05, 4.69) is 26.6 Å². The van der Waals surface area contributed by atoms with Crippen LogP contribution in [0.1, 0.15) is 13.8 Å². The number of hydrogen-bond donors (Lipinski definition) is 2. The summed E-state index contributed by atoms with van der Waals surface area (Å²) in [4.78, 5) is 24.0. The summed E-state index contributed by atoms with van der Waals surface area (Å²) >= 11 is 3.35. The Morgan fingerprint density at radius 3 is 2.72 bits per heavy atom. The topological polar surface area (TPSA) is 76.7 Å². The Morgan fingerprint density at radius 1 is 1.28 bits per heavy atom.